The number of hydrogen-bond donors (Lipinski definition) is 1. The molecule has 0 bridgehead atoms. The van der Waals surface area contributed by atoms with Gasteiger partial charge in [-0.3, -0.25) is 0 Å². The minimum absolute atomic E-state index is 0.0256. The summed E-state index contributed by atoms with van der Waals surface area (Å²) in [4.78, 5) is 0. The molecule has 0 radical (unpaired) electrons. The van der Waals surface area contributed by atoms with E-state index in [1.165, 1.54) is 0 Å². The van der Waals surface area contributed by atoms with E-state index in [0.29, 0.717) is 13.2 Å². The maximum Gasteiger partial charge on any atom is 0.0817 e. The van der Waals surface area contributed by atoms with Crippen LogP contribution in [0.4, 0.5) is 0 Å². The van der Waals surface area contributed by atoms with Crippen LogP contribution in [0.3, 0.4) is 0 Å². The number of rotatable bonds is 6. The highest BCUT2D eigenvalue weighted by atomic mass is 16.6. The van der Waals surface area contributed by atoms with Crippen LogP contribution in [0.1, 0.15) is 53.4 Å². The van der Waals surface area contributed by atoms with E-state index in [1.807, 2.05) is 0 Å². The van der Waals surface area contributed by atoms with Crippen molar-refractivity contribution in [2.75, 3.05) is 13.2 Å². The molecule has 0 aliphatic carbocycles. The highest BCUT2D eigenvalue weighted by Gasteiger charge is 2.34. The fourth-order valence-corrected chi connectivity index (χ4v) is 2.27. The van der Waals surface area contributed by atoms with Crippen LogP contribution in [0, 0.1) is 0 Å². The lowest BCUT2D eigenvalue weighted by Crippen LogP contribution is -2.41. The summed E-state index contributed by atoms with van der Waals surface area (Å²) in [7, 11) is 0. The van der Waals surface area contributed by atoms with E-state index in [2.05, 4.69) is 27.7 Å². The Kier molecular flexibility index (Phi) is 4.77. The number of ether oxygens (including phenoxy) is 2. The molecule has 1 heterocycles. The van der Waals surface area contributed by atoms with Gasteiger partial charge in [0.25, 0.3) is 0 Å². The van der Waals surface area contributed by atoms with Crippen LogP contribution >= 0.6 is 0 Å². The first-order valence-corrected chi connectivity index (χ1v) is 6.49. The Morgan fingerprint density at radius 1 is 1.38 bits per heavy atom. The fourth-order valence-electron chi connectivity index (χ4n) is 2.27. The average Bonchev–Trinajstić information content (AvgIpc) is 2.61. The van der Waals surface area contributed by atoms with Gasteiger partial charge in [0.15, 0.2) is 0 Å². The van der Waals surface area contributed by atoms with Crippen LogP contribution in [0.2, 0.25) is 0 Å². The summed E-state index contributed by atoms with van der Waals surface area (Å²) in [6.45, 7) is 9.83. The Bertz CT molecular complexity index is 204. The van der Waals surface area contributed by atoms with Crippen molar-refractivity contribution in [2.45, 2.75) is 70.7 Å². The van der Waals surface area contributed by atoms with Gasteiger partial charge in [-0.25, -0.2) is 0 Å². The summed E-state index contributed by atoms with van der Waals surface area (Å²) < 4.78 is 11.9. The van der Waals surface area contributed by atoms with Gasteiger partial charge >= 0.3 is 0 Å². The lowest BCUT2D eigenvalue weighted by molar-refractivity contribution is -0.107. The third-order valence-corrected chi connectivity index (χ3v) is 3.79. The molecule has 3 heteroatoms. The van der Waals surface area contributed by atoms with Gasteiger partial charge in [0.1, 0.15) is 0 Å². The monoisotopic (exact) mass is 229 g/mol. The first-order chi connectivity index (χ1) is 7.47. The van der Waals surface area contributed by atoms with Crippen molar-refractivity contribution in [1.29, 1.82) is 0 Å². The molecule has 1 saturated heterocycles. The summed E-state index contributed by atoms with van der Waals surface area (Å²) >= 11 is 0. The van der Waals surface area contributed by atoms with Crippen molar-refractivity contribution >= 4 is 0 Å². The Morgan fingerprint density at radius 3 is 2.38 bits per heavy atom. The summed E-state index contributed by atoms with van der Waals surface area (Å²) in [5.74, 6) is 0. The fraction of sp³-hybridized carbons (Fsp3) is 1.00. The molecule has 16 heavy (non-hydrogen) atoms. The first-order valence-electron chi connectivity index (χ1n) is 6.49. The predicted octanol–water partition coefficient (Wildman–Crippen LogP) is 2.48. The minimum atomic E-state index is -0.143. The Morgan fingerprint density at radius 2 is 2.00 bits per heavy atom. The molecule has 0 aromatic heterocycles. The summed E-state index contributed by atoms with van der Waals surface area (Å²) in [6, 6.07) is 0. The topological polar surface area (TPSA) is 44.5 Å². The number of nitrogens with two attached hydrogens (primary N) is 1. The molecule has 1 fully saturated rings. The molecule has 3 nitrogen and oxygen atoms in total. The smallest absolute Gasteiger partial charge is 0.0817 e. The molecular weight excluding hydrogens is 202 g/mol. The third kappa shape index (κ3) is 3.44. The summed E-state index contributed by atoms with van der Waals surface area (Å²) in [5.41, 5.74) is 5.68. The lowest BCUT2D eigenvalue weighted by Gasteiger charge is -2.32. The van der Waals surface area contributed by atoms with Crippen LogP contribution in [0.15, 0.2) is 0 Å². The highest BCUT2D eigenvalue weighted by molar-refractivity contribution is 4.83. The van der Waals surface area contributed by atoms with Gasteiger partial charge in [-0.05, 0) is 39.5 Å². The summed E-state index contributed by atoms with van der Waals surface area (Å²) in [6.07, 6.45) is 4.40. The van der Waals surface area contributed by atoms with Crippen LogP contribution in [0.25, 0.3) is 0 Å². The molecule has 0 saturated carbocycles. The molecular formula is C13H27NO2. The second-order valence-corrected chi connectivity index (χ2v) is 5.44. The van der Waals surface area contributed by atoms with Crippen molar-refractivity contribution in [3.05, 3.63) is 0 Å². The second kappa shape index (κ2) is 5.48. The van der Waals surface area contributed by atoms with Gasteiger partial charge in [-0.2, -0.15) is 0 Å². The van der Waals surface area contributed by atoms with Crippen LogP contribution in [-0.4, -0.2) is 30.5 Å². The normalized spacial score (nSPS) is 24.9. The van der Waals surface area contributed by atoms with Gasteiger partial charge in [0.05, 0.1) is 23.9 Å². The molecule has 1 aliphatic heterocycles. The quantitative estimate of drug-likeness (QED) is 0.761. The van der Waals surface area contributed by atoms with E-state index in [-0.39, 0.29) is 17.3 Å². The van der Waals surface area contributed by atoms with Gasteiger partial charge in [0.2, 0.25) is 0 Å². The molecule has 96 valence electrons. The Labute approximate surface area is 99.7 Å². The van der Waals surface area contributed by atoms with Crippen LogP contribution in [-0.2, 0) is 9.47 Å². The van der Waals surface area contributed by atoms with Crippen LogP contribution < -0.4 is 5.73 Å². The molecule has 1 aliphatic rings. The van der Waals surface area contributed by atoms with Crippen molar-refractivity contribution in [1.82, 2.24) is 0 Å². The minimum Gasteiger partial charge on any atom is -0.371 e. The van der Waals surface area contributed by atoms with E-state index >= 15 is 0 Å². The molecule has 1 rings (SSSR count). The maximum atomic E-state index is 6.00. The van der Waals surface area contributed by atoms with Crippen molar-refractivity contribution in [3.8, 4) is 0 Å². The van der Waals surface area contributed by atoms with Crippen LogP contribution in [0.5, 0.6) is 0 Å². The molecule has 1 atom stereocenters. The molecule has 0 amide bonds. The standard InChI is InChI=1S/C13H27NO2/c1-5-13(6-2,10-14)15-9-11-7-8-12(3,4)16-11/h11H,5-10,14H2,1-4H3. The first kappa shape index (κ1) is 13.9. The second-order valence-electron chi connectivity index (χ2n) is 5.44. The maximum absolute atomic E-state index is 6.00. The van der Waals surface area contributed by atoms with Gasteiger partial charge < -0.3 is 15.2 Å². The zero-order valence-electron chi connectivity index (χ0n) is 11.2. The average molecular weight is 229 g/mol. The van der Waals surface area contributed by atoms with Crippen molar-refractivity contribution in [2.24, 2.45) is 5.73 Å². The number of hydrogen-bond acceptors (Lipinski definition) is 3. The van der Waals surface area contributed by atoms with Gasteiger partial charge in [-0.15, -0.1) is 0 Å². The molecule has 0 aromatic carbocycles. The van der Waals surface area contributed by atoms with Gasteiger partial charge in [-0.1, -0.05) is 13.8 Å². The summed E-state index contributed by atoms with van der Waals surface area (Å²) in [5, 5.41) is 0. The SMILES string of the molecule is CCC(CC)(CN)OCC1CCC(C)(C)O1. The Hall–Kier alpha value is -0.120. The van der Waals surface area contributed by atoms with Crippen molar-refractivity contribution in [3.63, 3.8) is 0 Å². The van der Waals surface area contributed by atoms with E-state index in [9.17, 15) is 0 Å². The van der Waals surface area contributed by atoms with E-state index in [4.69, 9.17) is 15.2 Å². The predicted molar refractivity (Wildman–Crippen MR) is 66.5 cm³/mol. The Balaban J connectivity index is 2.39. The third-order valence-electron chi connectivity index (χ3n) is 3.79. The van der Waals surface area contributed by atoms with Crippen molar-refractivity contribution < 1.29 is 9.47 Å². The molecule has 0 aromatic rings. The highest BCUT2D eigenvalue weighted by Crippen LogP contribution is 2.30. The zero-order valence-corrected chi connectivity index (χ0v) is 11.2. The zero-order chi connectivity index (χ0) is 12.2. The van der Waals surface area contributed by atoms with E-state index < -0.39 is 0 Å². The molecule has 0 spiro atoms. The van der Waals surface area contributed by atoms with E-state index in [0.717, 1.165) is 25.7 Å². The largest absolute Gasteiger partial charge is 0.371 e. The lowest BCUT2D eigenvalue weighted by atomic mass is 9.97. The molecule has 2 N–H and O–H groups in total. The molecule has 1 unspecified atom stereocenters. The van der Waals surface area contributed by atoms with Gasteiger partial charge in [0, 0.05) is 6.54 Å². The van der Waals surface area contributed by atoms with E-state index in [1.54, 1.807) is 0 Å².